The first kappa shape index (κ1) is 26.5. The molecule has 40 heavy (non-hydrogen) atoms. The number of carbonyl (C=O) groups is 1. The molecule has 3 heterocycles. The lowest BCUT2D eigenvalue weighted by atomic mass is 9.98. The minimum Gasteiger partial charge on any atom is -0.348 e. The van der Waals surface area contributed by atoms with Crippen molar-refractivity contribution in [3.8, 4) is 11.1 Å². The Morgan fingerprint density at radius 2 is 1.73 bits per heavy atom. The number of H-pyrrole nitrogens is 1. The lowest BCUT2D eigenvalue weighted by Gasteiger charge is -2.26. The van der Waals surface area contributed by atoms with Gasteiger partial charge in [0, 0.05) is 29.7 Å². The number of nitrogens with one attached hydrogen (secondary N) is 2. The van der Waals surface area contributed by atoms with E-state index in [-0.39, 0.29) is 18.0 Å². The molecule has 6 rings (SSSR count). The van der Waals surface area contributed by atoms with Crippen LogP contribution in [-0.2, 0) is 13.1 Å². The molecule has 2 fully saturated rings. The molecule has 7 nitrogen and oxygen atoms in total. The molecule has 1 amide bonds. The van der Waals surface area contributed by atoms with Crippen LogP contribution in [0, 0.1) is 13.8 Å². The average Bonchev–Trinajstić information content (AvgIpc) is 3.63. The van der Waals surface area contributed by atoms with Gasteiger partial charge in [0.05, 0.1) is 23.3 Å². The van der Waals surface area contributed by atoms with Crippen LogP contribution in [0.2, 0.25) is 0 Å². The SMILES string of the molecule is Cc1cc(C)c(CNC(=O)c2cc(-c3ccc(CN4CCCCC4)cc3)cc3c2cnn3C2CCCC2)c(=O)[nH]1. The summed E-state index contributed by atoms with van der Waals surface area (Å²) in [6, 6.07) is 15.2. The maximum Gasteiger partial charge on any atom is 0.253 e. The summed E-state index contributed by atoms with van der Waals surface area (Å²) >= 11 is 0. The number of fused-ring (bicyclic) bond motifs is 1. The second-order valence-electron chi connectivity index (χ2n) is 11.6. The largest absolute Gasteiger partial charge is 0.348 e. The van der Waals surface area contributed by atoms with Gasteiger partial charge in [-0.2, -0.15) is 5.10 Å². The number of amides is 1. The number of likely N-dealkylation sites (tertiary alicyclic amines) is 1. The smallest absolute Gasteiger partial charge is 0.253 e. The van der Waals surface area contributed by atoms with E-state index >= 15 is 0 Å². The summed E-state index contributed by atoms with van der Waals surface area (Å²) in [6.07, 6.45) is 10.4. The third kappa shape index (κ3) is 5.48. The maximum atomic E-state index is 13.6. The predicted octanol–water partition coefficient (Wildman–Crippen LogP) is 6.04. The van der Waals surface area contributed by atoms with Crippen molar-refractivity contribution in [3.05, 3.63) is 87.0 Å². The van der Waals surface area contributed by atoms with Gasteiger partial charge in [0.25, 0.3) is 11.5 Å². The summed E-state index contributed by atoms with van der Waals surface area (Å²) in [7, 11) is 0. The summed E-state index contributed by atoms with van der Waals surface area (Å²) < 4.78 is 2.13. The van der Waals surface area contributed by atoms with E-state index < -0.39 is 0 Å². The van der Waals surface area contributed by atoms with Crippen LogP contribution in [-0.4, -0.2) is 38.7 Å². The summed E-state index contributed by atoms with van der Waals surface area (Å²) in [4.78, 5) is 31.6. The number of nitrogens with zero attached hydrogens (tertiary/aromatic N) is 3. The highest BCUT2D eigenvalue weighted by Crippen LogP contribution is 2.35. The number of hydrogen-bond donors (Lipinski definition) is 2. The summed E-state index contributed by atoms with van der Waals surface area (Å²) in [5, 5.41) is 8.64. The lowest BCUT2D eigenvalue weighted by Crippen LogP contribution is -2.29. The van der Waals surface area contributed by atoms with Crippen LogP contribution in [0.5, 0.6) is 0 Å². The van der Waals surface area contributed by atoms with Crippen LogP contribution in [0.25, 0.3) is 22.0 Å². The average molecular weight is 538 g/mol. The first-order chi connectivity index (χ1) is 19.5. The predicted molar refractivity (Wildman–Crippen MR) is 160 cm³/mol. The fraction of sp³-hybridized carbons (Fsp3) is 0.424. The van der Waals surface area contributed by atoms with E-state index in [4.69, 9.17) is 5.10 Å². The van der Waals surface area contributed by atoms with Crippen molar-refractivity contribution in [3.63, 3.8) is 0 Å². The van der Waals surface area contributed by atoms with Crippen LogP contribution < -0.4 is 10.9 Å². The first-order valence-electron chi connectivity index (χ1n) is 14.8. The molecule has 208 valence electrons. The van der Waals surface area contributed by atoms with Crippen LogP contribution in [0.4, 0.5) is 0 Å². The molecule has 0 bridgehead atoms. The minimum absolute atomic E-state index is 0.157. The molecule has 1 saturated carbocycles. The van der Waals surface area contributed by atoms with Gasteiger partial charge in [0.2, 0.25) is 0 Å². The number of rotatable bonds is 7. The number of aromatic nitrogens is 3. The summed E-state index contributed by atoms with van der Waals surface area (Å²) in [5.41, 5.74) is 7.11. The maximum absolute atomic E-state index is 13.6. The van der Waals surface area contributed by atoms with Crippen molar-refractivity contribution in [1.29, 1.82) is 0 Å². The fourth-order valence-corrected chi connectivity index (χ4v) is 6.48. The van der Waals surface area contributed by atoms with E-state index in [1.807, 2.05) is 32.2 Å². The Kier molecular flexibility index (Phi) is 7.57. The molecule has 2 N–H and O–H groups in total. The van der Waals surface area contributed by atoms with E-state index in [0.717, 1.165) is 52.7 Å². The second-order valence-corrected chi connectivity index (χ2v) is 11.6. The van der Waals surface area contributed by atoms with E-state index in [9.17, 15) is 9.59 Å². The zero-order chi connectivity index (χ0) is 27.6. The van der Waals surface area contributed by atoms with Crippen molar-refractivity contribution in [1.82, 2.24) is 25.0 Å². The van der Waals surface area contributed by atoms with E-state index in [1.165, 1.54) is 50.8 Å². The molecule has 1 aliphatic heterocycles. The lowest BCUT2D eigenvalue weighted by molar-refractivity contribution is 0.0952. The van der Waals surface area contributed by atoms with Crippen LogP contribution in [0.1, 0.15) is 83.7 Å². The van der Waals surface area contributed by atoms with Crippen molar-refractivity contribution in [2.75, 3.05) is 13.1 Å². The zero-order valence-electron chi connectivity index (χ0n) is 23.6. The van der Waals surface area contributed by atoms with Crippen molar-refractivity contribution in [2.45, 2.75) is 77.9 Å². The Labute approximate surface area is 235 Å². The molecule has 0 spiro atoms. The molecular weight excluding hydrogens is 498 g/mol. The molecule has 4 aromatic rings. The van der Waals surface area contributed by atoms with Gasteiger partial charge in [-0.3, -0.25) is 19.2 Å². The van der Waals surface area contributed by atoms with Gasteiger partial charge in [0.1, 0.15) is 0 Å². The minimum atomic E-state index is -0.195. The number of benzene rings is 2. The van der Waals surface area contributed by atoms with E-state index in [0.29, 0.717) is 17.2 Å². The number of piperidine rings is 1. The third-order valence-corrected chi connectivity index (χ3v) is 8.69. The Balaban J connectivity index is 1.32. The molecule has 0 unspecified atom stereocenters. The molecule has 2 aromatic heterocycles. The number of pyridine rings is 1. The van der Waals surface area contributed by atoms with Gasteiger partial charge >= 0.3 is 0 Å². The van der Waals surface area contributed by atoms with Crippen LogP contribution in [0.15, 0.2) is 53.5 Å². The molecule has 1 saturated heterocycles. The number of aryl methyl sites for hydroxylation is 2. The summed E-state index contributed by atoms with van der Waals surface area (Å²) in [5.74, 6) is -0.195. The monoisotopic (exact) mass is 537 g/mol. The molecule has 7 heteroatoms. The van der Waals surface area contributed by atoms with Crippen molar-refractivity contribution in [2.24, 2.45) is 0 Å². The van der Waals surface area contributed by atoms with Crippen LogP contribution in [0.3, 0.4) is 0 Å². The standard InChI is InChI=1S/C33H39N5O2/c1-22-16-23(2)36-33(40)29(22)19-34-32(39)28-17-26(18-31-30(28)20-35-38(31)27-8-4-5-9-27)25-12-10-24(11-13-25)21-37-14-6-3-7-15-37/h10-13,16-18,20,27H,3-9,14-15,19,21H2,1-2H3,(H,34,39)(H,36,40). The fourth-order valence-electron chi connectivity index (χ4n) is 6.48. The number of carbonyl (C=O) groups excluding carboxylic acids is 1. The highest BCUT2D eigenvalue weighted by atomic mass is 16.1. The highest BCUT2D eigenvalue weighted by molar-refractivity contribution is 6.08. The first-order valence-corrected chi connectivity index (χ1v) is 14.8. The third-order valence-electron chi connectivity index (χ3n) is 8.69. The van der Waals surface area contributed by atoms with Gasteiger partial charge in [0.15, 0.2) is 0 Å². The molecule has 0 radical (unpaired) electrons. The molecule has 2 aromatic carbocycles. The second kappa shape index (κ2) is 11.4. The number of aromatic amines is 1. The summed E-state index contributed by atoms with van der Waals surface area (Å²) in [6.45, 7) is 7.28. The van der Waals surface area contributed by atoms with E-state index in [2.05, 4.69) is 50.2 Å². The molecule has 2 aliphatic rings. The topological polar surface area (TPSA) is 83.0 Å². The molecule has 1 aliphatic carbocycles. The normalized spacial score (nSPS) is 16.6. The van der Waals surface area contributed by atoms with Gasteiger partial charge in [-0.1, -0.05) is 43.5 Å². The van der Waals surface area contributed by atoms with Crippen molar-refractivity contribution < 1.29 is 4.79 Å². The zero-order valence-corrected chi connectivity index (χ0v) is 23.6. The van der Waals surface area contributed by atoms with Gasteiger partial charge in [-0.15, -0.1) is 0 Å². The van der Waals surface area contributed by atoms with Gasteiger partial charge in [-0.25, -0.2) is 0 Å². The number of hydrogen-bond acceptors (Lipinski definition) is 4. The molecule has 0 atom stereocenters. The van der Waals surface area contributed by atoms with Crippen molar-refractivity contribution >= 4 is 16.8 Å². The Morgan fingerprint density at radius 1 is 0.975 bits per heavy atom. The Bertz CT molecular complexity index is 1570. The Hall–Kier alpha value is -3.71. The quantitative estimate of drug-likeness (QED) is 0.301. The highest BCUT2D eigenvalue weighted by Gasteiger charge is 2.23. The molecular formula is C33H39N5O2. The van der Waals surface area contributed by atoms with Gasteiger partial charge < -0.3 is 10.3 Å². The van der Waals surface area contributed by atoms with Crippen LogP contribution >= 0.6 is 0 Å². The van der Waals surface area contributed by atoms with E-state index in [1.54, 1.807) is 0 Å². The Morgan fingerprint density at radius 3 is 2.45 bits per heavy atom. The van der Waals surface area contributed by atoms with Gasteiger partial charge in [-0.05, 0) is 93.1 Å².